The van der Waals surface area contributed by atoms with E-state index in [1.165, 1.54) is 0 Å². The van der Waals surface area contributed by atoms with Crippen molar-refractivity contribution in [2.45, 2.75) is 18.9 Å². The maximum atomic E-state index is 12.0. The molecule has 1 atom stereocenters. The normalized spacial score (nSPS) is 19.0. The Bertz CT molecular complexity index is 427. The van der Waals surface area contributed by atoms with Crippen LogP contribution in [0.15, 0.2) is 24.3 Å². The number of rotatable bonds is 4. The van der Waals surface area contributed by atoms with Gasteiger partial charge in [0.2, 0.25) is 0 Å². The van der Waals surface area contributed by atoms with Crippen LogP contribution in [0.1, 0.15) is 12.8 Å². The zero-order valence-electron chi connectivity index (χ0n) is 9.94. The molecule has 0 spiro atoms. The van der Waals surface area contributed by atoms with Gasteiger partial charge in [0, 0.05) is 22.9 Å². The van der Waals surface area contributed by atoms with E-state index in [-0.39, 0.29) is 12.5 Å². The average molecular weight is 333 g/mol. The fourth-order valence-corrected chi connectivity index (χ4v) is 2.96. The fourth-order valence-electron chi connectivity index (χ4n) is 2.11. The van der Waals surface area contributed by atoms with Gasteiger partial charge in [-0.25, -0.2) is 0 Å². The first kappa shape index (κ1) is 13.7. The Hall–Kier alpha value is -0.740. The molecule has 5 heteroatoms. The fraction of sp³-hybridized carbons (Fsp3) is 0.462. The molecule has 1 fully saturated rings. The molecule has 0 bridgehead atoms. The number of amides is 1. The van der Waals surface area contributed by atoms with E-state index in [0.29, 0.717) is 16.8 Å². The van der Waals surface area contributed by atoms with Gasteiger partial charge < -0.3 is 9.64 Å². The summed E-state index contributed by atoms with van der Waals surface area (Å²) in [6, 6.07) is 7.39. The maximum absolute atomic E-state index is 12.0. The highest BCUT2D eigenvalue weighted by Gasteiger charge is 2.27. The van der Waals surface area contributed by atoms with E-state index in [2.05, 4.69) is 15.9 Å². The second-order valence-electron chi connectivity index (χ2n) is 4.28. The summed E-state index contributed by atoms with van der Waals surface area (Å²) < 4.78 is 5.46. The lowest BCUT2D eigenvalue weighted by Gasteiger charge is -2.23. The molecule has 1 aromatic carbocycles. The van der Waals surface area contributed by atoms with Gasteiger partial charge in [0.05, 0.1) is 0 Å². The summed E-state index contributed by atoms with van der Waals surface area (Å²) >= 11 is 9.29. The Balaban J connectivity index is 1.88. The molecule has 1 aliphatic heterocycles. The van der Waals surface area contributed by atoms with Gasteiger partial charge >= 0.3 is 0 Å². The molecule has 0 aliphatic carbocycles. The molecular formula is C13H15BrClNO2. The lowest BCUT2D eigenvalue weighted by molar-refractivity contribution is -0.133. The maximum Gasteiger partial charge on any atom is 0.260 e. The van der Waals surface area contributed by atoms with Gasteiger partial charge in [0.25, 0.3) is 5.91 Å². The molecule has 2 rings (SSSR count). The number of nitrogens with zero attached hydrogens (tertiary/aromatic N) is 1. The number of carbonyl (C=O) groups excluding carboxylic acids is 1. The number of alkyl halides is 1. The number of carbonyl (C=O) groups is 1. The molecule has 1 amide bonds. The number of hydrogen-bond donors (Lipinski definition) is 0. The molecule has 0 saturated carbocycles. The molecule has 18 heavy (non-hydrogen) atoms. The summed E-state index contributed by atoms with van der Waals surface area (Å²) in [6.07, 6.45) is 2.13. The largest absolute Gasteiger partial charge is 0.484 e. The van der Waals surface area contributed by atoms with Crippen molar-refractivity contribution in [1.29, 1.82) is 0 Å². The third-order valence-electron chi connectivity index (χ3n) is 3.03. The van der Waals surface area contributed by atoms with E-state index < -0.39 is 0 Å². The van der Waals surface area contributed by atoms with Crippen LogP contribution in [0.4, 0.5) is 0 Å². The van der Waals surface area contributed by atoms with Crippen molar-refractivity contribution in [2.75, 3.05) is 18.5 Å². The molecule has 1 saturated heterocycles. The van der Waals surface area contributed by atoms with Crippen LogP contribution in [0, 0.1) is 0 Å². The van der Waals surface area contributed by atoms with Crippen LogP contribution in [0.5, 0.6) is 5.75 Å². The van der Waals surface area contributed by atoms with Gasteiger partial charge in [0.15, 0.2) is 6.61 Å². The predicted octanol–water partition coefficient (Wildman–Crippen LogP) is 3.10. The van der Waals surface area contributed by atoms with E-state index in [4.69, 9.17) is 16.3 Å². The Morgan fingerprint density at radius 1 is 1.56 bits per heavy atom. The van der Waals surface area contributed by atoms with E-state index in [1.54, 1.807) is 24.3 Å². The first-order valence-corrected chi connectivity index (χ1v) is 7.44. The van der Waals surface area contributed by atoms with Gasteiger partial charge in [-0.3, -0.25) is 4.79 Å². The number of benzene rings is 1. The minimum absolute atomic E-state index is 0.0388. The van der Waals surface area contributed by atoms with Gasteiger partial charge in [-0.2, -0.15) is 0 Å². The SMILES string of the molecule is O=C(COc1cccc(Cl)c1)N1CCCC1CBr. The first-order valence-electron chi connectivity index (χ1n) is 5.94. The molecule has 1 aliphatic rings. The summed E-state index contributed by atoms with van der Waals surface area (Å²) in [5.74, 6) is 0.669. The smallest absolute Gasteiger partial charge is 0.260 e. The lowest BCUT2D eigenvalue weighted by Crippen LogP contribution is -2.39. The van der Waals surface area contributed by atoms with Crippen molar-refractivity contribution in [3.05, 3.63) is 29.3 Å². The number of likely N-dealkylation sites (tertiary alicyclic amines) is 1. The molecule has 1 heterocycles. The number of hydrogen-bond acceptors (Lipinski definition) is 2. The predicted molar refractivity (Wildman–Crippen MR) is 75.5 cm³/mol. The number of ether oxygens (including phenoxy) is 1. The Kier molecular flexibility index (Phi) is 4.89. The van der Waals surface area contributed by atoms with Crippen LogP contribution in [0.3, 0.4) is 0 Å². The highest BCUT2D eigenvalue weighted by atomic mass is 79.9. The first-order chi connectivity index (χ1) is 8.70. The minimum atomic E-state index is 0.0388. The van der Waals surface area contributed by atoms with Crippen LogP contribution >= 0.6 is 27.5 Å². The van der Waals surface area contributed by atoms with E-state index in [1.807, 2.05) is 4.90 Å². The molecule has 1 unspecified atom stereocenters. The minimum Gasteiger partial charge on any atom is -0.484 e. The van der Waals surface area contributed by atoms with Gasteiger partial charge in [0.1, 0.15) is 5.75 Å². The molecule has 3 nitrogen and oxygen atoms in total. The topological polar surface area (TPSA) is 29.5 Å². The van der Waals surface area contributed by atoms with Crippen LogP contribution in [0.25, 0.3) is 0 Å². The molecule has 0 aromatic heterocycles. The van der Waals surface area contributed by atoms with Crippen LogP contribution in [-0.4, -0.2) is 35.3 Å². The van der Waals surface area contributed by atoms with Crippen molar-refractivity contribution in [1.82, 2.24) is 4.90 Å². The molecule has 98 valence electrons. The Morgan fingerprint density at radius 2 is 2.39 bits per heavy atom. The van der Waals surface area contributed by atoms with Crippen LogP contribution in [-0.2, 0) is 4.79 Å². The molecule has 1 aromatic rings. The Labute approximate surface area is 120 Å². The summed E-state index contributed by atoms with van der Waals surface area (Å²) in [5.41, 5.74) is 0. The molecule has 0 radical (unpaired) electrons. The summed E-state index contributed by atoms with van der Waals surface area (Å²) in [4.78, 5) is 13.9. The van der Waals surface area contributed by atoms with Gasteiger partial charge in [-0.05, 0) is 31.0 Å². The Morgan fingerprint density at radius 3 is 3.11 bits per heavy atom. The average Bonchev–Trinajstić information content (AvgIpc) is 2.84. The van der Waals surface area contributed by atoms with Gasteiger partial charge in [-0.15, -0.1) is 0 Å². The standard InChI is InChI=1S/C13H15BrClNO2/c14-8-11-4-2-6-16(11)13(17)9-18-12-5-1-3-10(15)7-12/h1,3,5,7,11H,2,4,6,8-9H2. The highest BCUT2D eigenvalue weighted by molar-refractivity contribution is 9.09. The third kappa shape index (κ3) is 3.39. The van der Waals surface area contributed by atoms with Crippen LogP contribution < -0.4 is 4.74 Å². The van der Waals surface area contributed by atoms with E-state index in [9.17, 15) is 4.79 Å². The van der Waals surface area contributed by atoms with Crippen molar-refractivity contribution < 1.29 is 9.53 Å². The zero-order valence-corrected chi connectivity index (χ0v) is 12.3. The van der Waals surface area contributed by atoms with E-state index >= 15 is 0 Å². The summed E-state index contributed by atoms with van der Waals surface area (Å²) in [5, 5.41) is 1.44. The van der Waals surface area contributed by atoms with Crippen molar-refractivity contribution in [3.8, 4) is 5.75 Å². The highest BCUT2D eigenvalue weighted by Crippen LogP contribution is 2.20. The van der Waals surface area contributed by atoms with Crippen LogP contribution in [0.2, 0.25) is 5.02 Å². The molecular weight excluding hydrogens is 318 g/mol. The lowest BCUT2D eigenvalue weighted by atomic mass is 10.2. The second-order valence-corrected chi connectivity index (χ2v) is 5.37. The van der Waals surface area contributed by atoms with Crippen molar-refractivity contribution in [3.63, 3.8) is 0 Å². The quantitative estimate of drug-likeness (QED) is 0.793. The molecule has 0 N–H and O–H groups in total. The monoisotopic (exact) mass is 331 g/mol. The van der Waals surface area contributed by atoms with Gasteiger partial charge in [-0.1, -0.05) is 33.6 Å². The van der Waals surface area contributed by atoms with Crippen molar-refractivity contribution in [2.24, 2.45) is 0 Å². The zero-order chi connectivity index (χ0) is 13.0. The summed E-state index contributed by atoms with van der Waals surface area (Å²) in [7, 11) is 0. The second kappa shape index (κ2) is 6.43. The van der Waals surface area contributed by atoms with E-state index in [0.717, 1.165) is 24.7 Å². The summed E-state index contributed by atoms with van der Waals surface area (Å²) in [6.45, 7) is 0.901. The number of halogens is 2. The third-order valence-corrected chi connectivity index (χ3v) is 4.02. The van der Waals surface area contributed by atoms with Crippen molar-refractivity contribution >= 4 is 33.4 Å².